The summed E-state index contributed by atoms with van der Waals surface area (Å²) in [4.78, 5) is 7.07. The van der Waals surface area contributed by atoms with E-state index in [0.29, 0.717) is 6.04 Å². The minimum atomic E-state index is 0.433. The van der Waals surface area contributed by atoms with E-state index in [1.54, 1.807) is 0 Å². The molecule has 96 valence electrons. The largest absolute Gasteiger partial charge is 0.353 e. The number of imidazole rings is 1. The zero-order valence-electron chi connectivity index (χ0n) is 11.2. The molecule has 0 radical (unpaired) electrons. The first-order valence-corrected chi connectivity index (χ1v) is 6.68. The Bertz CT molecular complexity index is 350. The Hall–Kier alpha value is -1.03. The number of likely N-dealkylation sites (tertiary alicyclic amines) is 1. The van der Waals surface area contributed by atoms with Crippen LogP contribution in [-0.4, -0.2) is 40.1 Å². The molecule has 1 fully saturated rings. The van der Waals surface area contributed by atoms with Crippen LogP contribution >= 0.6 is 0 Å². The molecule has 0 aliphatic carbocycles. The number of rotatable bonds is 5. The predicted molar refractivity (Wildman–Crippen MR) is 71.4 cm³/mol. The molecule has 1 aromatic heterocycles. The number of anilines is 1. The molecule has 0 atom stereocenters. The van der Waals surface area contributed by atoms with E-state index < -0.39 is 0 Å². The van der Waals surface area contributed by atoms with E-state index in [2.05, 4.69) is 46.7 Å². The maximum absolute atomic E-state index is 4.53. The molecule has 2 rings (SSSR count). The van der Waals surface area contributed by atoms with Gasteiger partial charge in [0.2, 0.25) is 5.95 Å². The number of nitrogens with one attached hydrogen (secondary N) is 1. The highest BCUT2D eigenvalue weighted by molar-refractivity contribution is 5.29. The topological polar surface area (TPSA) is 33.1 Å². The van der Waals surface area contributed by atoms with Crippen molar-refractivity contribution in [2.75, 3.05) is 25.0 Å². The average molecular weight is 236 g/mol. The third kappa shape index (κ3) is 3.46. The Morgan fingerprint density at radius 2 is 2.00 bits per heavy atom. The van der Waals surface area contributed by atoms with Crippen LogP contribution < -0.4 is 5.32 Å². The molecule has 0 unspecified atom stereocenters. The minimum Gasteiger partial charge on any atom is -0.353 e. The zero-order chi connectivity index (χ0) is 12.3. The van der Waals surface area contributed by atoms with Gasteiger partial charge >= 0.3 is 0 Å². The molecule has 0 aromatic carbocycles. The van der Waals surface area contributed by atoms with Crippen LogP contribution in [0, 0.1) is 6.92 Å². The zero-order valence-corrected chi connectivity index (χ0v) is 11.2. The second-order valence-electron chi connectivity index (χ2n) is 5.25. The number of nitrogens with zero attached hydrogens (tertiary/aromatic N) is 3. The summed E-state index contributed by atoms with van der Waals surface area (Å²) < 4.78 is 2.24. The van der Waals surface area contributed by atoms with Crippen molar-refractivity contribution in [1.29, 1.82) is 0 Å². The van der Waals surface area contributed by atoms with Crippen molar-refractivity contribution in [1.82, 2.24) is 14.5 Å². The van der Waals surface area contributed by atoms with E-state index in [0.717, 1.165) is 24.7 Å². The normalized spacial score (nSPS) is 16.9. The number of aromatic nitrogens is 2. The molecule has 1 aliphatic rings. The maximum atomic E-state index is 4.53. The van der Waals surface area contributed by atoms with Crippen molar-refractivity contribution in [2.45, 2.75) is 46.2 Å². The van der Waals surface area contributed by atoms with Crippen LogP contribution in [0.3, 0.4) is 0 Å². The lowest BCUT2D eigenvalue weighted by Crippen LogP contribution is -2.25. The number of hydrogen-bond donors (Lipinski definition) is 1. The molecule has 4 nitrogen and oxygen atoms in total. The quantitative estimate of drug-likeness (QED) is 0.850. The molecule has 1 aromatic rings. The molecule has 1 N–H and O–H groups in total. The van der Waals surface area contributed by atoms with Crippen LogP contribution in [0.15, 0.2) is 6.20 Å². The van der Waals surface area contributed by atoms with E-state index in [1.165, 1.54) is 25.9 Å². The molecule has 1 saturated heterocycles. The van der Waals surface area contributed by atoms with Gasteiger partial charge in [0, 0.05) is 25.3 Å². The maximum Gasteiger partial charge on any atom is 0.203 e. The molecule has 0 bridgehead atoms. The van der Waals surface area contributed by atoms with Crippen LogP contribution in [0.4, 0.5) is 5.95 Å². The van der Waals surface area contributed by atoms with E-state index in [-0.39, 0.29) is 0 Å². The van der Waals surface area contributed by atoms with Crippen molar-refractivity contribution in [3.05, 3.63) is 11.9 Å². The van der Waals surface area contributed by atoms with Gasteiger partial charge in [0.15, 0.2) is 0 Å². The highest BCUT2D eigenvalue weighted by Gasteiger charge is 2.12. The highest BCUT2D eigenvalue weighted by atomic mass is 15.2. The number of hydrogen-bond acceptors (Lipinski definition) is 3. The first kappa shape index (κ1) is 12.4. The summed E-state index contributed by atoms with van der Waals surface area (Å²) in [6, 6.07) is 0.433. The second-order valence-corrected chi connectivity index (χ2v) is 5.25. The average Bonchev–Trinajstić information content (AvgIpc) is 2.84. The van der Waals surface area contributed by atoms with Crippen molar-refractivity contribution in [3.8, 4) is 0 Å². The third-order valence-corrected chi connectivity index (χ3v) is 3.17. The summed E-state index contributed by atoms with van der Waals surface area (Å²) in [5.74, 6) is 1.01. The predicted octanol–water partition coefficient (Wildman–Crippen LogP) is 2.11. The Morgan fingerprint density at radius 3 is 2.65 bits per heavy atom. The Balaban J connectivity index is 1.93. The standard InChI is InChI=1S/C13H24N4/c1-11(2)14-13-15-12(3)10-17(13)9-8-16-6-4-5-7-16/h10-11H,4-9H2,1-3H3,(H,14,15). The summed E-state index contributed by atoms with van der Waals surface area (Å²) in [7, 11) is 0. The SMILES string of the molecule is Cc1cn(CCN2CCCC2)c(NC(C)C)n1. The lowest BCUT2D eigenvalue weighted by atomic mass is 10.4. The van der Waals surface area contributed by atoms with Gasteiger partial charge in [0.05, 0.1) is 5.69 Å². The molecule has 17 heavy (non-hydrogen) atoms. The molecular weight excluding hydrogens is 212 g/mol. The van der Waals surface area contributed by atoms with Gasteiger partial charge < -0.3 is 14.8 Å². The summed E-state index contributed by atoms with van der Waals surface area (Å²) in [6.45, 7) is 11.1. The van der Waals surface area contributed by atoms with Crippen LogP contribution in [0.2, 0.25) is 0 Å². The van der Waals surface area contributed by atoms with E-state index in [4.69, 9.17) is 0 Å². The van der Waals surface area contributed by atoms with Gasteiger partial charge in [-0.05, 0) is 46.7 Å². The van der Waals surface area contributed by atoms with Crippen LogP contribution in [0.25, 0.3) is 0 Å². The van der Waals surface area contributed by atoms with Crippen molar-refractivity contribution in [3.63, 3.8) is 0 Å². The minimum absolute atomic E-state index is 0.433. The fourth-order valence-corrected chi connectivity index (χ4v) is 2.35. The lowest BCUT2D eigenvalue weighted by Gasteiger charge is -2.17. The molecule has 1 aliphatic heterocycles. The lowest BCUT2D eigenvalue weighted by molar-refractivity contribution is 0.323. The van der Waals surface area contributed by atoms with E-state index in [9.17, 15) is 0 Å². The van der Waals surface area contributed by atoms with Gasteiger partial charge in [-0.15, -0.1) is 0 Å². The first-order valence-electron chi connectivity index (χ1n) is 6.68. The summed E-state index contributed by atoms with van der Waals surface area (Å²) in [5, 5.41) is 3.40. The van der Waals surface area contributed by atoms with Crippen LogP contribution in [0.1, 0.15) is 32.4 Å². The molecule has 0 saturated carbocycles. The van der Waals surface area contributed by atoms with Gasteiger partial charge in [0.25, 0.3) is 0 Å². The molecular formula is C13H24N4. The van der Waals surface area contributed by atoms with Gasteiger partial charge in [-0.25, -0.2) is 4.98 Å². The van der Waals surface area contributed by atoms with E-state index in [1.807, 2.05) is 0 Å². The van der Waals surface area contributed by atoms with Gasteiger partial charge in [-0.1, -0.05) is 0 Å². The monoisotopic (exact) mass is 236 g/mol. The van der Waals surface area contributed by atoms with E-state index >= 15 is 0 Å². The first-order chi connectivity index (χ1) is 8.15. The fourth-order valence-electron chi connectivity index (χ4n) is 2.35. The Kier molecular flexibility index (Phi) is 4.05. The van der Waals surface area contributed by atoms with Crippen LogP contribution in [0.5, 0.6) is 0 Å². The van der Waals surface area contributed by atoms with Crippen molar-refractivity contribution >= 4 is 5.95 Å². The molecule has 2 heterocycles. The summed E-state index contributed by atoms with van der Waals surface area (Å²) >= 11 is 0. The van der Waals surface area contributed by atoms with Crippen molar-refractivity contribution in [2.24, 2.45) is 0 Å². The summed E-state index contributed by atoms with van der Waals surface area (Å²) in [5.41, 5.74) is 1.09. The number of aryl methyl sites for hydroxylation is 1. The molecule has 0 spiro atoms. The van der Waals surface area contributed by atoms with Gasteiger partial charge in [-0.3, -0.25) is 0 Å². The summed E-state index contributed by atoms with van der Waals surface area (Å²) in [6.07, 6.45) is 4.86. The highest BCUT2D eigenvalue weighted by Crippen LogP contribution is 2.12. The van der Waals surface area contributed by atoms with Gasteiger partial charge in [0.1, 0.15) is 0 Å². The van der Waals surface area contributed by atoms with Gasteiger partial charge in [-0.2, -0.15) is 0 Å². The Labute approximate surface area is 104 Å². The fraction of sp³-hybridized carbons (Fsp3) is 0.769. The van der Waals surface area contributed by atoms with Crippen LogP contribution in [-0.2, 0) is 6.54 Å². The Morgan fingerprint density at radius 1 is 1.29 bits per heavy atom. The second kappa shape index (κ2) is 5.54. The molecule has 4 heteroatoms. The molecule has 0 amide bonds. The van der Waals surface area contributed by atoms with Crippen molar-refractivity contribution < 1.29 is 0 Å². The third-order valence-electron chi connectivity index (χ3n) is 3.17. The smallest absolute Gasteiger partial charge is 0.203 e.